The number of primary amides is 1. The Balaban J connectivity index is 1.66. The van der Waals surface area contributed by atoms with Crippen LogP contribution < -0.4 is 5.73 Å². The lowest BCUT2D eigenvalue weighted by molar-refractivity contribution is 0.0579. The van der Waals surface area contributed by atoms with E-state index in [4.69, 9.17) is 5.73 Å². The first-order valence-electron chi connectivity index (χ1n) is 7.35. The van der Waals surface area contributed by atoms with Gasteiger partial charge in [0.25, 0.3) is 0 Å². The van der Waals surface area contributed by atoms with Crippen molar-refractivity contribution in [3.63, 3.8) is 0 Å². The molecule has 3 rings (SSSR count). The molecule has 0 radical (unpaired) electrons. The lowest BCUT2D eigenvalue weighted by Crippen LogP contribution is -2.45. The molecule has 1 saturated heterocycles. The first-order chi connectivity index (χ1) is 9.24. The Morgan fingerprint density at radius 2 is 2.16 bits per heavy atom. The molecule has 104 valence electrons. The number of carbonyl (C=O) groups is 1. The first kappa shape index (κ1) is 13.1. The molecule has 4 heteroatoms. The molecular weight excluding hydrogens is 256 g/mol. The van der Waals surface area contributed by atoms with Crippen molar-refractivity contribution < 1.29 is 4.79 Å². The average Bonchev–Trinajstić information content (AvgIpc) is 2.78. The minimum atomic E-state index is -0.309. The molecular formula is C15H22N2OS. The standard InChI is InChI=1S/C15H22N2OS/c16-15(18)12-8-13(19-10-12)9-17-7-2-1-6-14(17)11-4-3-5-11/h8,10-11,14H,1-7,9H2,(H2,16,18). The number of piperidine rings is 1. The summed E-state index contributed by atoms with van der Waals surface area (Å²) in [5.74, 6) is 0.618. The van der Waals surface area contributed by atoms with Crippen molar-refractivity contribution >= 4 is 17.2 Å². The van der Waals surface area contributed by atoms with Gasteiger partial charge in [-0.2, -0.15) is 0 Å². The van der Waals surface area contributed by atoms with Crippen LogP contribution >= 0.6 is 11.3 Å². The van der Waals surface area contributed by atoms with E-state index in [1.165, 1.54) is 49.9 Å². The topological polar surface area (TPSA) is 46.3 Å². The molecule has 1 aliphatic carbocycles. The molecule has 2 aliphatic rings. The molecule has 0 aromatic carbocycles. The number of hydrogen-bond donors (Lipinski definition) is 1. The van der Waals surface area contributed by atoms with E-state index in [0.717, 1.165) is 18.5 Å². The number of hydrogen-bond acceptors (Lipinski definition) is 3. The highest BCUT2D eigenvalue weighted by Crippen LogP contribution is 2.37. The second-order valence-electron chi connectivity index (χ2n) is 5.89. The molecule has 1 atom stereocenters. The van der Waals surface area contributed by atoms with Crippen LogP contribution in [0, 0.1) is 5.92 Å². The number of rotatable bonds is 4. The quantitative estimate of drug-likeness (QED) is 0.920. The zero-order valence-corrected chi connectivity index (χ0v) is 12.1. The third-order valence-corrected chi connectivity index (χ3v) is 5.58. The van der Waals surface area contributed by atoms with Gasteiger partial charge < -0.3 is 5.73 Å². The molecule has 0 bridgehead atoms. The summed E-state index contributed by atoms with van der Waals surface area (Å²) < 4.78 is 0. The molecule has 1 amide bonds. The van der Waals surface area contributed by atoms with Crippen molar-refractivity contribution in [1.82, 2.24) is 4.90 Å². The normalized spacial score (nSPS) is 25.2. The fraction of sp³-hybridized carbons (Fsp3) is 0.667. The molecule has 1 unspecified atom stereocenters. The Kier molecular flexibility index (Phi) is 3.89. The van der Waals surface area contributed by atoms with Crippen LogP contribution in [-0.2, 0) is 6.54 Å². The van der Waals surface area contributed by atoms with Crippen molar-refractivity contribution in [2.75, 3.05) is 6.54 Å². The summed E-state index contributed by atoms with van der Waals surface area (Å²) in [6.07, 6.45) is 8.31. The van der Waals surface area contributed by atoms with Crippen LogP contribution in [0.5, 0.6) is 0 Å². The molecule has 1 aromatic rings. The number of thiophene rings is 1. The Morgan fingerprint density at radius 3 is 2.79 bits per heavy atom. The van der Waals surface area contributed by atoms with Crippen molar-refractivity contribution in [2.45, 2.75) is 51.1 Å². The van der Waals surface area contributed by atoms with E-state index in [1.807, 2.05) is 11.4 Å². The van der Waals surface area contributed by atoms with Gasteiger partial charge in [-0.15, -0.1) is 11.3 Å². The summed E-state index contributed by atoms with van der Waals surface area (Å²) in [7, 11) is 0. The number of amides is 1. The summed E-state index contributed by atoms with van der Waals surface area (Å²) in [5, 5.41) is 1.89. The fourth-order valence-corrected chi connectivity index (χ4v) is 4.26. The predicted molar refractivity (Wildman–Crippen MR) is 78.2 cm³/mol. The maximum atomic E-state index is 11.1. The maximum Gasteiger partial charge on any atom is 0.249 e. The van der Waals surface area contributed by atoms with Crippen molar-refractivity contribution in [2.24, 2.45) is 11.7 Å². The summed E-state index contributed by atoms with van der Waals surface area (Å²) in [4.78, 5) is 15.1. The smallest absolute Gasteiger partial charge is 0.249 e. The van der Waals surface area contributed by atoms with E-state index in [9.17, 15) is 4.79 Å². The van der Waals surface area contributed by atoms with E-state index in [2.05, 4.69) is 4.90 Å². The molecule has 1 aromatic heterocycles. The molecule has 0 spiro atoms. The van der Waals surface area contributed by atoms with Gasteiger partial charge in [0.1, 0.15) is 0 Å². The zero-order valence-electron chi connectivity index (χ0n) is 11.3. The van der Waals surface area contributed by atoms with Gasteiger partial charge >= 0.3 is 0 Å². The molecule has 2 heterocycles. The fourth-order valence-electron chi connectivity index (χ4n) is 3.36. The minimum absolute atomic E-state index is 0.309. The highest BCUT2D eigenvalue weighted by Gasteiger charge is 2.33. The van der Waals surface area contributed by atoms with Crippen molar-refractivity contribution in [3.05, 3.63) is 21.9 Å². The molecule has 1 saturated carbocycles. The van der Waals surface area contributed by atoms with Crippen LogP contribution in [0.3, 0.4) is 0 Å². The van der Waals surface area contributed by atoms with Crippen LogP contribution in [0.2, 0.25) is 0 Å². The average molecular weight is 278 g/mol. The Bertz CT molecular complexity index is 453. The summed E-state index contributed by atoms with van der Waals surface area (Å²) in [5.41, 5.74) is 5.98. The van der Waals surface area contributed by atoms with Crippen LogP contribution in [0.25, 0.3) is 0 Å². The lowest BCUT2D eigenvalue weighted by atomic mass is 9.76. The van der Waals surface area contributed by atoms with E-state index in [-0.39, 0.29) is 5.91 Å². The first-order valence-corrected chi connectivity index (χ1v) is 8.23. The van der Waals surface area contributed by atoms with Crippen LogP contribution in [0.4, 0.5) is 0 Å². The molecule has 2 N–H and O–H groups in total. The van der Waals surface area contributed by atoms with Gasteiger partial charge in [0.05, 0.1) is 5.56 Å². The molecule has 19 heavy (non-hydrogen) atoms. The minimum Gasteiger partial charge on any atom is -0.366 e. The van der Waals surface area contributed by atoms with Gasteiger partial charge in [-0.05, 0) is 44.2 Å². The third kappa shape index (κ3) is 2.84. The summed E-state index contributed by atoms with van der Waals surface area (Å²) >= 11 is 1.67. The van der Waals surface area contributed by atoms with Crippen LogP contribution in [0.1, 0.15) is 53.8 Å². The number of likely N-dealkylation sites (tertiary alicyclic amines) is 1. The SMILES string of the molecule is NC(=O)c1csc(CN2CCCCC2C2CCC2)c1. The van der Waals surface area contributed by atoms with E-state index in [1.54, 1.807) is 11.3 Å². The summed E-state index contributed by atoms with van der Waals surface area (Å²) in [6, 6.07) is 2.75. The number of carbonyl (C=O) groups excluding carboxylic acids is 1. The highest BCUT2D eigenvalue weighted by atomic mass is 32.1. The van der Waals surface area contributed by atoms with E-state index in [0.29, 0.717) is 5.56 Å². The number of nitrogens with zero attached hydrogens (tertiary/aromatic N) is 1. The molecule has 2 fully saturated rings. The van der Waals surface area contributed by atoms with Gasteiger partial charge in [-0.25, -0.2) is 0 Å². The Labute approximate surface area is 118 Å². The van der Waals surface area contributed by atoms with Gasteiger partial charge in [0, 0.05) is 22.8 Å². The molecule has 3 nitrogen and oxygen atoms in total. The molecule has 1 aliphatic heterocycles. The van der Waals surface area contributed by atoms with Crippen LogP contribution in [-0.4, -0.2) is 23.4 Å². The van der Waals surface area contributed by atoms with Crippen LogP contribution in [0.15, 0.2) is 11.4 Å². The predicted octanol–water partition coefficient (Wildman–Crippen LogP) is 3.00. The van der Waals surface area contributed by atoms with Gasteiger partial charge in [0.2, 0.25) is 5.91 Å². The van der Waals surface area contributed by atoms with Gasteiger partial charge in [-0.1, -0.05) is 12.8 Å². The number of nitrogens with two attached hydrogens (primary N) is 1. The second kappa shape index (κ2) is 5.63. The maximum absolute atomic E-state index is 11.1. The van der Waals surface area contributed by atoms with Crippen molar-refractivity contribution in [1.29, 1.82) is 0 Å². The van der Waals surface area contributed by atoms with Gasteiger partial charge in [0.15, 0.2) is 0 Å². The van der Waals surface area contributed by atoms with E-state index < -0.39 is 0 Å². The zero-order chi connectivity index (χ0) is 13.2. The third-order valence-electron chi connectivity index (χ3n) is 4.66. The monoisotopic (exact) mass is 278 g/mol. The lowest BCUT2D eigenvalue weighted by Gasteiger charge is -2.44. The summed E-state index contributed by atoms with van der Waals surface area (Å²) in [6.45, 7) is 2.21. The van der Waals surface area contributed by atoms with Gasteiger partial charge in [-0.3, -0.25) is 9.69 Å². The van der Waals surface area contributed by atoms with Crippen molar-refractivity contribution in [3.8, 4) is 0 Å². The largest absolute Gasteiger partial charge is 0.366 e. The second-order valence-corrected chi connectivity index (χ2v) is 6.89. The Morgan fingerprint density at radius 1 is 1.32 bits per heavy atom. The van der Waals surface area contributed by atoms with E-state index >= 15 is 0 Å². The Hall–Kier alpha value is -0.870. The highest BCUT2D eigenvalue weighted by molar-refractivity contribution is 7.10.